The van der Waals surface area contributed by atoms with E-state index in [4.69, 9.17) is 4.74 Å². The van der Waals surface area contributed by atoms with Crippen molar-refractivity contribution in [2.24, 2.45) is 0 Å². The van der Waals surface area contributed by atoms with E-state index in [1.165, 1.54) is 7.11 Å². The normalized spacial score (nSPS) is 11.6. The summed E-state index contributed by atoms with van der Waals surface area (Å²) < 4.78 is 4.81. The molecule has 1 atom stereocenters. The highest BCUT2D eigenvalue weighted by Crippen LogP contribution is 2.19. The molecule has 1 aromatic heterocycles. The zero-order valence-electron chi connectivity index (χ0n) is 10.0. The van der Waals surface area contributed by atoms with Crippen LogP contribution in [0.3, 0.4) is 0 Å². The summed E-state index contributed by atoms with van der Waals surface area (Å²) in [6.07, 6.45) is 3.32. The van der Waals surface area contributed by atoms with Gasteiger partial charge in [-0.1, -0.05) is 24.3 Å². The van der Waals surface area contributed by atoms with Crippen LogP contribution in [0.15, 0.2) is 54.9 Å². The second-order valence-corrected chi connectivity index (χ2v) is 3.75. The first-order valence-electron chi connectivity index (χ1n) is 5.60. The van der Waals surface area contributed by atoms with Gasteiger partial charge in [-0.05, 0) is 18.2 Å². The Balaban J connectivity index is 2.24. The molecule has 0 amide bonds. The summed E-state index contributed by atoms with van der Waals surface area (Å²) in [4.78, 5) is 15.8. The molecule has 0 radical (unpaired) electrons. The molecule has 0 saturated carbocycles. The van der Waals surface area contributed by atoms with E-state index in [0.29, 0.717) is 0 Å². The van der Waals surface area contributed by atoms with E-state index < -0.39 is 6.04 Å². The molecule has 0 aliphatic rings. The first-order valence-corrected chi connectivity index (χ1v) is 5.60. The number of nitrogens with zero attached hydrogens (tertiary/aromatic N) is 1. The van der Waals surface area contributed by atoms with Crippen molar-refractivity contribution in [2.75, 3.05) is 12.4 Å². The van der Waals surface area contributed by atoms with Crippen molar-refractivity contribution in [1.29, 1.82) is 0 Å². The lowest BCUT2D eigenvalue weighted by Crippen LogP contribution is -2.22. The maximum atomic E-state index is 11.8. The van der Waals surface area contributed by atoms with Gasteiger partial charge in [0.1, 0.15) is 0 Å². The van der Waals surface area contributed by atoms with Crippen LogP contribution in [-0.2, 0) is 9.53 Å². The molecule has 1 N–H and O–H groups in total. The summed E-state index contributed by atoms with van der Waals surface area (Å²) in [5.41, 5.74) is 1.63. The van der Waals surface area contributed by atoms with Gasteiger partial charge in [-0.2, -0.15) is 0 Å². The van der Waals surface area contributed by atoms with Gasteiger partial charge in [0.2, 0.25) is 0 Å². The van der Waals surface area contributed by atoms with Crippen molar-refractivity contribution in [3.05, 3.63) is 60.4 Å². The van der Waals surface area contributed by atoms with Crippen LogP contribution in [0.5, 0.6) is 0 Å². The van der Waals surface area contributed by atoms with Gasteiger partial charge in [-0.25, -0.2) is 4.79 Å². The van der Waals surface area contributed by atoms with Crippen LogP contribution in [0.2, 0.25) is 0 Å². The standard InChI is InChI=1S/C14H14N2O2/c1-18-14(17)13(11-6-5-9-15-10-11)16-12-7-3-2-4-8-12/h2-10,13,16H,1H3. The number of ether oxygens (including phenoxy) is 1. The fourth-order valence-corrected chi connectivity index (χ4v) is 1.64. The highest BCUT2D eigenvalue weighted by Gasteiger charge is 2.21. The van der Waals surface area contributed by atoms with Crippen LogP contribution < -0.4 is 5.32 Å². The molecule has 0 fully saturated rings. The Morgan fingerprint density at radius 1 is 1.22 bits per heavy atom. The number of methoxy groups -OCH3 is 1. The summed E-state index contributed by atoms with van der Waals surface area (Å²) in [6.45, 7) is 0. The summed E-state index contributed by atoms with van der Waals surface area (Å²) in [6, 6.07) is 12.6. The second kappa shape index (κ2) is 5.82. The number of pyridine rings is 1. The number of rotatable bonds is 4. The van der Waals surface area contributed by atoms with Crippen molar-refractivity contribution >= 4 is 11.7 Å². The first kappa shape index (κ1) is 12.1. The fraction of sp³-hybridized carbons (Fsp3) is 0.143. The molecule has 1 unspecified atom stereocenters. The molecule has 0 saturated heterocycles. The van der Waals surface area contributed by atoms with Gasteiger partial charge in [0, 0.05) is 23.6 Å². The molecule has 92 valence electrons. The van der Waals surface area contributed by atoms with Crippen molar-refractivity contribution < 1.29 is 9.53 Å². The Morgan fingerprint density at radius 2 is 2.00 bits per heavy atom. The van der Waals surface area contributed by atoms with Gasteiger partial charge in [0.15, 0.2) is 6.04 Å². The van der Waals surface area contributed by atoms with Gasteiger partial charge in [0.25, 0.3) is 0 Å². The quantitative estimate of drug-likeness (QED) is 0.836. The minimum Gasteiger partial charge on any atom is -0.467 e. The van der Waals surface area contributed by atoms with E-state index in [2.05, 4.69) is 10.3 Å². The zero-order chi connectivity index (χ0) is 12.8. The number of hydrogen-bond acceptors (Lipinski definition) is 4. The smallest absolute Gasteiger partial charge is 0.333 e. The van der Waals surface area contributed by atoms with Crippen molar-refractivity contribution in [2.45, 2.75) is 6.04 Å². The van der Waals surface area contributed by atoms with E-state index in [1.807, 2.05) is 36.4 Å². The zero-order valence-corrected chi connectivity index (χ0v) is 10.0. The number of nitrogens with one attached hydrogen (secondary N) is 1. The Kier molecular flexibility index (Phi) is 3.91. The third-order valence-electron chi connectivity index (χ3n) is 2.54. The molecule has 1 aromatic carbocycles. The molecule has 0 aliphatic heterocycles. The SMILES string of the molecule is COC(=O)C(Nc1ccccc1)c1cccnc1. The van der Waals surface area contributed by atoms with Crippen LogP contribution in [0, 0.1) is 0 Å². The summed E-state index contributed by atoms with van der Waals surface area (Å²) in [5.74, 6) is -0.341. The predicted molar refractivity (Wildman–Crippen MR) is 69.1 cm³/mol. The van der Waals surface area contributed by atoms with Gasteiger partial charge in [-0.15, -0.1) is 0 Å². The van der Waals surface area contributed by atoms with Gasteiger partial charge >= 0.3 is 5.97 Å². The monoisotopic (exact) mass is 242 g/mol. The van der Waals surface area contributed by atoms with Crippen LogP contribution in [0.25, 0.3) is 0 Å². The predicted octanol–water partition coefficient (Wildman–Crippen LogP) is 2.41. The third kappa shape index (κ3) is 2.85. The summed E-state index contributed by atoms with van der Waals surface area (Å²) in [5, 5.41) is 3.13. The number of benzene rings is 1. The maximum Gasteiger partial charge on any atom is 0.333 e. The molecule has 0 bridgehead atoms. The number of anilines is 1. The average molecular weight is 242 g/mol. The number of hydrogen-bond donors (Lipinski definition) is 1. The number of carbonyl (C=O) groups excluding carboxylic acids is 1. The Morgan fingerprint density at radius 3 is 2.61 bits per heavy atom. The number of aromatic nitrogens is 1. The topological polar surface area (TPSA) is 51.2 Å². The van der Waals surface area contributed by atoms with E-state index >= 15 is 0 Å². The molecule has 4 heteroatoms. The molecular formula is C14H14N2O2. The Bertz CT molecular complexity index is 500. The number of esters is 1. The molecule has 2 rings (SSSR count). The minimum atomic E-state index is -0.550. The van der Waals surface area contributed by atoms with Crippen LogP contribution >= 0.6 is 0 Å². The Labute approximate surface area is 106 Å². The van der Waals surface area contributed by atoms with Gasteiger partial charge in [-0.3, -0.25) is 4.98 Å². The van der Waals surface area contributed by atoms with Crippen molar-refractivity contribution in [3.8, 4) is 0 Å². The van der Waals surface area contributed by atoms with E-state index in [-0.39, 0.29) is 5.97 Å². The summed E-state index contributed by atoms with van der Waals surface area (Å²) >= 11 is 0. The van der Waals surface area contributed by atoms with Crippen molar-refractivity contribution in [1.82, 2.24) is 4.98 Å². The van der Waals surface area contributed by atoms with Crippen molar-refractivity contribution in [3.63, 3.8) is 0 Å². The molecule has 1 heterocycles. The Hall–Kier alpha value is -2.36. The third-order valence-corrected chi connectivity index (χ3v) is 2.54. The van der Waals surface area contributed by atoms with Crippen LogP contribution in [0.4, 0.5) is 5.69 Å². The second-order valence-electron chi connectivity index (χ2n) is 3.75. The maximum absolute atomic E-state index is 11.8. The fourth-order valence-electron chi connectivity index (χ4n) is 1.64. The van der Waals surface area contributed by atoms with E-state index in [1.54, 1.807) is 18.5 Å². The van der Waals surface area contributed by atoms with E-state index in [0.717, 1.165) is 11.3 Å². The first-order chi connectivity index (χ1) is 8.81. The van der Waals surface area contributed by atoms with Crippen LogP contribution in [-0.4, -0.2) is 18.1 Å². The molecule has 0 spiro atoms. The summed E-state index contributed by atoms with van der Waals surface area (Å²) in [7, 11) is 1.37. The lowest BCUT2D eigenvalue weighted by Gasteiger charge is -2.17. The highest BCUT2D eigenvalue weighted by molar-refractivity contribution is 5.80. The largest absolute Gasteiger partial charge is 0.467 e. The van der Waals surface area contributed by atoms with E-state index in [9.17, 15) is 4.79 Å². The average Bonchev–Trinajstić information content (AvgIpc) is 2.46. The highest BCUT2D eigenvalue weighted by atomic mass is 16.5. The minimum absolute atomic E-state index is 0.341. The molecular weight excluding hydrogens is 228 g/mol. The molecule has 18 heavy (non-hydrogen) atoms. The molecule has 0 aliphatic carbocycles. The lowest BCUT2D eigenvalue weighted by molar-refractivity contribution is -0.141. The van der Waals surface area contributed by atoms with Crippen LogP contribution in [0.1, 0.15) is 11.6 Å². The number of carbonyl (C=O) groups is 1. The van der Waals surface area contributed by atoms with Gasteiger partial charge in [0.05, 0.1) is 7.11 Å². The number of para-hydroxylation sites is 1. The molecule has 2 aromatic rings. The van der Waals surface area contributed by atoms with Gasteiger partial charge < -0.3 is 10.1 Å². The molecule has 4 nitrogen and oxygen atoms in total. The lowest BCUT2D eigenvalue weighted by atomic mass is 10.1.